The average molecular weight is 498 g/mol. The third-order valence-corrected chi connectivity index (χ3v) is 7.17. The lowest BCUT2D eigenvalue weighted by atomic mass is 9.86. The van der Waals surface area contributed by atoms with Crippen LogP contribution in [0.4, 0.5) is 18.0 Å². The van der Waals surface area contributed by atoms with E-state index in [0.29, 0.717) is 18.9 Å². The molecule has 1 aromatic carbocycles. The molecule has 0 spiro atoms. The summed E-state index contributed by atoms with van der Waals surface area (Å²) in [7, 11) is 0. The molecule has 0 aromatic heterocycles. The van der Waals surface area contributed by atoms with Crippen LogP contribution in [0.3, 0.4) is 0 Å². The molecule has 1 aliphatic carbocycles. The zero-order valence-electron chi connectivity index (χ0n) is 21.2. The highest BCUT2D eigenvalue weighted by atomic mass is 19.4. The van der Waals surface area contributed by atoms with Gasteiger partial charge >= 0.3 is 12.3 Å². The van der Waals surface area contributed by atoms with Crippen molar-refractivity contribution in [2.75, 3.05) is 13.1 Å². The van der Waals surface area contributed by atoms with Gasteiger partial charge in [-0.1, -0.05) is 32.9 Å². The second kappa shape index (κ2) is 10.4. The van der Waals surface area contributed by atoms with E-state index in [4.69, 9.17) is 0 Å². The van der Waals surface area contributed by atoms with Crippen LogP contribution < -0.4 is 5.32 Å². The Labute approximate surface area is 205 Å². The first-order valence-electron chi connectivity index (χ1n) is 12.4. The summed E-state index contributed by atoms with van der Waals surface area (Å²) in [4.78, 5) is 28.8. The first-order chi connectivity index (χ1) is 16.2. The molecule has 4 atom stereocenters. The van der Waals surface area contributed by atoms with Gasteiger partial charge < -0.3 is 10.4 Å². The third-order valence-electron chi connectivity index (χ3n) is 7.17. The number of carbonyl (C=O) groups excluding carboxylic acids is 1. The minimum Gasteiger partial charge on any atom is -0.465 e. The summed E-state index contributed by atoms with van der Waals surface area (Å²) in [6.07, 6.45) is -3.20. The molecule has 196 valence electrons. The van der Waals surface area contributed by atoms with Crippen LogP contribution in [0.2, 0.25) is 0 Å². The highest BCUT2D eigenvalue weighted by Gasteiger charge is 2.44. The number of halogens is 3. The van der Waals surface area contributed by atoms with Crippen molar-refractivity contribution in [3.05, 3.63) is 35.4 Å². The summed E-state index contributed by atoms with van der Waals surface area (Å²) in [5, 5.41) is 13.0. The van der Waals surface area contributed by atoms with Crippen LogP contribution >= 0.6 is 0 Å². The maximum Gasteiger partial charge on any atom is 0.416 e. The number of amides is 2. The van der Waals surface area contributed by atoms with Crippen molar-refractivity contribution >= 4 is 12.0 Å². The van der Waals surface area contributed by atoms with Crippen LogP contribution in [-0.2, 0) is 17.5 Å². The Hall–Kier alpha value is -2.29. The van der Waals surface area contributed by atoms with E-state index >= 15 is 0 Å². The zero-order valence-corrected chi connectivity index (χ0v) is 21.2. The van der Waals surface area contributed by atoms with Gasteiger partial charge in [0.15, 0.2) is 0 Å². The van der Waals surface area contributed by atoms with Crippen molar-refractivity contribution in [2.24, 2.45) is 17.3 Å². The van der Waals surface area contributed by atoms with Gasteiger partial charge in [-0.05, 0) is 68.1 Å². The number of likely N-dealkylation sites (tertiary alicyclic amines) is 1. The van der Waals surface area contributed by atoms with E-state index in [1.165, 1.54) is 17.0 Å². The van der Waals surface area contributed by atoms with E-state index in [9.17, 15) is 27.9 Å². The topological polar surface area (TPSA) is 72.9 Å². The first-order valence-corrected chi connectivity index (χ1v) is 12.4. The Kier molecular flexibility index (Phi) is 8.09. The Morgan fingerprint density at radius 3 is 2.26 bits per heavy atom. The van der Waals surface area contributed by atoms with Crippen molar-refractivity contribution in [3.63, 3.8) is 0 Å². The van der Waals surface area contributed by atoms with Crippen molar-refractivity contribution in [3.8, 4) is 0 Å². The summed E-state index contributed by atoms with van der Waals surface area (Å²) in [6, 6.07) is 4.17. The van der Waals surface area contributed by atoms with E-state index in [2.05, 4.69) is 10.2 Å². The Balaban J connectivity index is 1.65. The van der Waals surface area contributed by atoms with Crippen molar-refractivity contribution in [2.45, 2.75) is 84.7 Å². The fourth-order valence-electron chi connectivity index (χ4n) is 5.61. The van der Waals surface area contributed by atoms with Gasteiger partial charge in [-0.2, -0.15) is 13.2 Å². The fraction of sp³-hybridized carbons (Fsp3) is 0.692. The maximum atomic E-state index is 13.4. The lowest BCUT2D eigenvalue weighted by Gasteiger charge is -2.36. The number of carbonyl (C=O) groups is 2. The molecule has 1 aromatic rings. The molecule has 1 saturated carbocycles. The molecule has 6 nitrogen and oxygen atoms in total. The van der Waals surface area contributed by atoms with E-state index in [1.54, 1.807) is 13.8 Å². The molecule has 35 heavy (non-hydrogen) atoms. The number of carboxylic acid groups (broad SMARTS) is 1. The quantitative estimate of drug-likeness (QED) is 0.542. The van der Waals surface area contributed by atoms with Gasteiger partial charge in [0.25, 0.3) is 0 Å². The molecule has 1 aliphatic heterocycles. The largest absolute Gasteiger partial charge is 0.465 e. The average Bonchev–Trinajstić information content (AvgIpc) is 3.26. The van der Waals surface area contributed by atoms with Crippen molar-refractivity contribution in [1.29, 1.82) is 0 Å². The predicted molar refractivity (Wildman–Crippen MR) is 128 cm³/mol. The number of alkyl halides is 3. The highest BCUT2D eigenvalue weighted by Crippen LogP contribution is 2.39. The van der Waals surface area contributed by atoms with E-state index in [0.717, 1.165) is 43.6 Å². The van der Waals surface area contributed by atoms with Gasteiger partial charge in [-0.3, -0.25) is 14.6 Å². The predicted octanol–water partition coefficient (Wildman–Crippen LogP) is 5.23. The van der Waals surface area contributed by atoms with E-state index in [-0.39, 0.29) is 29.3 Å². The van der Waals surface area contributed by atoms with E-state index < -0.39 is 23.9 Å². The minimum atomic E-state index is -4.34. The number of hydrogen-bond donors (Lipinski definition) is 2. The lowest BCUT2D eigenvalue weighted by Crippen LogP contribution is -2.55. The Morgan fingerprint density at radius 2 is 1.74 bits per heavy atom. The second-order valence-electron chi connectivity index (χ2n) is 11.6. The molecule has 0 bridgehead atoms. The van der Waals surface area contributed by atoms with Gasteiger partial charge in [0.2, 0.25) is 5.91 Å². The van der Waals surface area contributed by atoms with Crippen molar-refractivity contribution in [1.82, 2.24) is 15.1 Å². The van der Waals surface area contributed by atoms with Gasteiger partial charge in [0.05, 0.1) is 5.56 Å². The summed E-state index contributed by atoms with van der Waals surface area (Å²) in [6.45, 7) is 11.7. The number of nitrogens with zero attached hydrogens (tertiary/aromatic N) is 2. The van der Waals surface area contributed by atoms with Crippen LogP contribution in [0.15, 0.2) is 24.3 Å². The molecular formula is C26H38F3N3O3. The van der Waals surface area contributed by atoms with Gasteiger partial charge in [0, 0.05) is 31.7 Å². The summed E-state index contributed by atoms with van der Waals surface area (Å²) in [5.74, 6) is 0.417. The zero-order chi connectivity index (χ0) is 26.1. The molecule has 2 N–H and O–H groups in total. The van der Waals surface area contributed by atoms with Gasteiger partial charge in [-0.25, -0.2) is 4.79 Å². The smallest absolute Gasteiger partial charge is 0.416 e. The van der Waals surface area contributed by atoms with Crippen LogP contribution in [0, 0.1) is 17.3 Å². The molecular weight excluding hydrogens is 459 g/mol. The molecule has 1 unspecified atom stereocenters. The number of fused-ring (bicyclic) bond motifs is 1. The maximum absolute atomic E-state index is 13.4. The molecule has 2 aliphatic rings. The van der Waals surface area contributed by atoms with Crippen molar-refractivity contribution < 1.29 is 27.9 Å². The number of benzene rings is 1. The third kappa shape index (κ3) is 6.90. The number of nitrogens with one attached hydrogen (secondary N) is 1. The van der Waals surface area contributed by atoms with E-state index in [1.807, 2.05) is 20.8 Å². The van der Waals surface area contributed by atoms with Crippen LogP contribution in [0.1, 0.15) is 65.0 Å². The summed E-state index contributed by atoms with van der Waals surface area (Å²) in [5.41, 5.74) is -0.0454. The standard InChI is InChI=1S/C26H38F3N3O3/c1-16(2)32(24(34)35)22(12-25(3,4)5)23(33)30-21-11-8-18-14-31(15-20(18)21)13-17-6-9-19(10-7-17)26(27,28)29/h6-7,9-10,16,18,20-22H,8,11-15H2,1-5H3,(H,30,33)(H,34,35)/t18-,20+,21+,22?/m1/s1. The SMILES string of the molecule is CC(C)N(C(=O)O)C(CC(C)(C)C)C(=O)N[C@H]1CC[C@@H]2CN(Cc3ccc(C(F)(F)F)cc3)C[C@@H]21. The first kappa shape index (κ1) is 27.3. The molecule has 2 amide bonds. The summed E-state index contributed by atoms with van der Waals surface area (Å²) < 4.78 is 38.5. The fourth-order valence-corrected chi connectivity index (χ4v) is 5.61. The van der Waals surface area contributed by atoms with Crippen LogP contribution in [0.25, 0.3) is 0 Å². The Morgan fingerprint density at radius 1 is 1.11 bits per heavy atom. The monoisotopic (exact) mass is 497 g/mol. The molecule has 9 heteroatoms. The minimum absolute atomic E-state index is 0.0321. The number of hydrogen-bond acceptors (Lipinski definition) is 3. The lowest BCUT2D eigenvalue weighted by molar-refractivity contribution is -0.137. The molecule has 3 rings (SSSR count). The molecule has 0 radical (unpaired) electrons. The van der Waals surface area contributed by atoms with Gasteiger partial charge in [-0.15, -0.1) is 0 Å². The normalized spacial score (nSPS) is 23.9. The molecule has 1 heterocycles. The second-order valence-corrected chi connectivity index (χ2v) is 11.6. The van der Waals surface area contributed by atoms with Gasteiger partial charge in [0.1, 0.15) is 6.04 Å². The van der Waals surface area contributed by atoms with Crippen LogP contribution in [0.5, 0.6) is 0 Å². The molecule has 2 fully saturated rings. The Bertz CT molecular complexity index is 896. The van der Waals surface area contributed by atoms with Crippen LogP contribution in [-0.4, -0.2) is 58.1 Å². The highest BCUT2D eigenvalue weighted by molar-refractivity contribution is 5.85. The summed E-state index contributed by atoms with van der Waals surface area (Å²) >= 11 is 0. The molecule has 1 saturated heterocycles. The number of rotatable bonds is 7.